The predicted molar refractivity (Wildman–Crippen MR) is 113 cm³/mol. The van der Waals surface area contributed by atoms with Gasteiger partial charge in [0.25, 0.3) is 0 Å². The van der Waals surface area contributed by atoms with E-state index in [1.807, 2.05) is 0 Å². The molecule has 0 aromatic heterocycles. The molecule has 0 fully saturated rings. The second-order valence-corrected chi connectivity index (χ2v) is 9.43. The summed E-state index contributed by atoms with van der Waals surface area (Å²) < 4.78 is 0. The van der Waals surface area contributed by atoms with Gasteiger partial charge in [-0.2, -0.15) is 0 Å². The fourth-order valence-electron chi connectivity index (χ4n) is 3.58. The quantitative estimate of drug-likeness (QED) is 0.318. The molecule has 1 aliphatic rings. The molecule has 0 bridgehead atoms. The van der Waals surface area contributed by atoms with Crippen molar-refractivity contribution in [3.8, 4) is 0 Å². The van der Waals surface area contributed by atoms with Crippen molar-refractivity contribution >= 4 is 23.2 Å². The summed E-state index contributed by atoms with van der Waals surface area (Å²) in [5.74, 6) is 0. The third-order valence-corrected chi connectivity index (χ3v) is 9.02. The van der Waals surface area contributed by atoms with Crippen LogP contribution in [0.4, 0.5) is 0 Å². The van der Waals surface area contributed by atoms with E-state index in [2.05, 4.69) is 109 Å². The fourth-order valence-corrected chi connectivity index (χ4v) is 8.02. The summed E-state index contributed by atoms with van der Waals surface area (Å²) >= 11 is 0. The molecule has 26 heavy (non-hydrogen) atoms. The van der Waals surface area contributed by atoms with Crippen molar-refractivity contribution in [3.63, 3.8) is 0 Å². The molecule has 3 aromatic carbocycles. The van der Waals surface area contributed by atoms with Crippen LogP contribution in [-0.4, -0.2) is 0 Å². The Labute approximate surface area is 167 Å². The zero-order valence-electron chi connectivity index (χ0n) is 14.9. The van der Waals surface area contributed by atoms with Gasteiger partial charge >= 0.3 is 0 Å². The van der Waals surface area contributed by atoms with Crippen molar-refractivity contribution < 1.29 is 16.5 Å². The molecular weight excluding hydrogens is 378 g/mol. The van der Waals surface area contributed by atoms with Crippen molar-refractivity contribution in [2.45, 2.75) is 6.42 Å². The average molecular weight is 401 g/mol. The van der Waals surface area contributed by atoms with Gasteiger partial charge in [-0.3, -0.25) is 0 Å². The smallest absolute Gasteiger partial charge is 0.140 e. The Bertz CT molecular complexity index is 771. The minimum atomic E-state index is -1.80. The zero-order valence-corrected chi connectivity index (χ0v) is 16.7. The second kappa shape index (κ2) is 9.13. The molecule has 0 aliphatic heterocycles. The molecule has 0 saturated carbocycles. The van der Waals surface area contributed by atoms with E-state index in [1.54, 1.807) is 0 Å². The molecule has 3 aromatic rings. The monoisotopic (exact) mass is 400 g/mol. The average Bonchev–Trinajstić information content (AvgIpc) is 3.20. The van der Waals surface area contributed by atoms with E-state index in [0.717, 1.165) is 6.42 Å². The number of benzene rings is 3. The van der Waals surface area contributed by atoms with Crippen LogP contribution in [0.3, 0.4) is 0 Å². The van der Waals surface area contributed by atoms with Gasteiger partial charge in [0.2, 0.25) is 0 Å². The van der Waals surface area contributed by atoms with E-state index in [9.17, 15) is 0 Å². The molecule has 0 heterocycles. The van der Waals surface area contributed by atoms with Gasteiger partial charge in [-0.1, -0.05) is 66.7 Å². The van der Waals surface area contributed by atoms with Crippen molar-refractivity contribution in [1.82, 2.24) is 0 Å². The fraction of sp³-hybridized carbons (Fsp3) is 0.0417. The molecule has 4 rings (SSSR count). The first-order valence-corrected chi connectivity index (χ1v) is 10.1. The third-order valence-electron chi connectivity index (χ3n) is 4.61. The Morgan fingerprint density at radius 2 is 0.962 bits per heavy atom. The summed E-state index contributed by atoms with van der Waals surface area (Å²) in [7, 11) is -1.80. The molecule has 2 heteroatoms. The van der Waals surface area contributed by atoms with E-state index in [-0.39, 0.29) is 23.9 Å². The Morgan fingerprint density at radius 1 is 0.577 bits per heavy atom. The van der Waals surface area contributed by atoms with Crippen LogP contribution >= 0.6 is 7.26 Å². The van der Waals surface area contributed by atoms with Gasteiger partial charge in [-0.25, -0.2) is 0 Å². The minimum Gasteiger partial charge on any atom is -0.358 e. The van der Waals surface area contributed by atoms with Crippen LogP contribution in [-0.2, 0) is 16.5 Å². The largest absolute Gasteiger partial charge is 0.358 e. The maximum atomic E-state index is 2.33. The van der Waals surface area contributed by atoms with Crippen LogP contribution in [0, 0.1) is 7.43 Å². The van der Waals surface area contributed by atoms with E-state index >= 15 is 0 Å². The van der Waals surface area contributed by atoms with Crippen LogP contribution in [0.5, 0.6) is 0 Å². The number of hydrogen-bond donors (Lipinski definition) is 0. The van der Waals surface area contributed by atoms with E-state index in [4.69, 9.17) is 0 Å². The molecule has 0 spiro atoms. The standard InChI is InChI=1S/C23H20P.CH3.Ni/c1-4-12-20(13-5-1)24(23-18-10-11-19-23,21-14-6-2-7-15-21)22-16-8-3-9-17-22;;/h1-18H,19H2;1H3;/q+1;-1;. The number of allylic oxidation sites excluding steroid dienone is 4. The van der Waals surface area contributed by atoms with Gasteiger partial charge in [0.05, 0.1) is 5.31 Å². The molecule has 0 amide bonds. The molecule has 0 unspecified atom stereocenters. The van der Waals surface area contributed by atoms with Crippen molar-refractivity contribution in [3.05, 3.63) is 122 Å². The summed E-state index contributed by atoms with van der Waals surface area (Å²) in [4.78, 5) is 0. The summed E-state index contributed by atoms with van der Waals surface area (Å²) in [6.45, 7) is 0. The molecule has 0 radical (unpaired) electrons. The first kappa shape index (κ1) is 20.4. The SMILES string of the molecule is C1=CCC([P+](c2ccccc2)(c2ccccc2)c2ccccc2)=C1.[CH3-].[Ni]. The molecule has 0 atom stereocenters. The Hall–Kier alpha value is -1.94. The molecular formula is C24H23NiP. The normalized spacial score (nSPS) is 12.7. The topological polar surface area (TPSA) is 0 Å². The molecule has 0 nitrogen and oxygen atoms in total. The summed E-state index contributed by atoms with van der Waals surface area (Å²) in [5.41, 5.74) is 0. The second-order valence-electron chi connectivity index (χ2n) is 5.97. The van der Waals surface area contributed by atoms with Gasteiger partial charge in [0.15, 0.2) is 0 Å². The summed E-state index contributed by atoms with van der Waals surface area (Å²) in [6, 6.07) is 33.1. The van der Waals surface area contributed by atoms with Gasteiger partial charge in [-0.05, 0) is 42.5 Å². The van der Waals surface area contributed by atoms with Crippen molar-refractivity contribution in [2.75, 3.05) is 0 Å². The van der Waals surface area contributed by atoms with Crippen LogP contribution in [0.1, 0.15) is 6.42 Å². The first-order chi connectivity index (χ1) is 11.9. The third kappa shape index (κ3) is 3.48. The van der Waals surface area contributed by atoms with E-state index in [0.29, 0.717) is 0 Å². The van der Waals surface area contributed by atoms with E-state index < -0.39 is 7.26 Å². The van der Waals surface area contributed by atoms with Crippen molar-refractivity contribution in [1.29, 1.82) is 0 Å². The maximum absolute atomic E-state index is 2.33. The number of rotatable bonds is 4. The van der Waals surface area contributed by atoms with Gasteiger partial charge < -0.3 is 7.43 Å². The van der Waals surface area contributed by atoms with Gasteiger partial charge in [-0.15, -0.1) is 0 Å². The predicted octanol–water partition coefficient (Wildman–Crippen LogP) is 5.27. The summed E-state index contributed by atoms with van der Waals surface area (Å²) in [6.07, 6.45) is 7.85. The Kier molecular flexibility index (Phi) is 7.16. The first-order valence-electron chi connectivity index (χ1n) is 8.34. The van der Waals surface area contributed by atoms with Crippen molar-refractivity contribution in [2.24, 2.45) is 0 Å². The van der Waals surface area contributed by atoms with Crippen LogP contribution in [0.25, 0.3) is 0 Å². The minimum absolute atomic E-state index is 0. The van der Waals surface area contributed by atoms with Gasteiger partial charge in [0.1, 0.15) is 23.2 Å². The number of hydrogen-bond acceptors (Lipinski definition) is 0. The van der Waals surface area contributed by atoms with Crippen LogP contribution in [0.2, 0.25) is 0 Å². The van der Waals surface area contributed by atoms with Crippen LogP contribution < -0.4 is 15.9 Å². The zero-order chi connectivity index (χ0) is 16.2. The Balaban J connectivity index is 0.00000121. The Morgan fingerprint density at radius 3 is 1.27 bits per heavy atom. The maximum Gasteiger partial charge on any atom is 0.140 e. The summed E-state index contributed by atoms with van der Waals surface area (Å²) in [5, 5.41) is 5.82. The van der Waals surface area contributed by atoms with E-state index in [1.165, 1.54) is 21.2 Å². The van der Waals surface area contributed by atoms with Gasteiger partial charge in [0, 0.05) is 22.9 Å². The molecule has 0 saturated heterocycles. The molecule has 134 valence electrons. The molecule has 0 N–H and O–H groups in total. The van der Waals surface area contributed by atoms with Crippen LogP contribution in [0.15, 0.2) is 115 Å². The molecule has 1 aliphatic carbocycles.